The van der Waals surface area contributed by atoms with E-state index in [-0.39, 0.29) is 17.3 Å². The SMILES string of the molecule is O=C(CSc1ncccn1)Nc1ncc(Cc2cccc([N+](=O)[O-])c2)s1. The van der Waals surface area contributed by atoms with Crippen molar-refractivity contribution in [1.29, 1.82) is 0 Å². The highest BCUT2D eigenvalue weighted by molar-refractivity contribution is 7.99. The first-order valence-electron chi connectivity index (χ1n) is 7.48. The number of nitrogens with one attached hydrogen (secondary N) is 1. The number of amides is 1. The fourth-order valence-electron chi connectivity index (χ4n) is 2.07. The summed E-state index contributed by atoms with van der Waals surface area (Å²) in [6.45, 7) is 0. The summed E-state index contributed by atoms with van der Waals surface area (Å²) in [5.74, 6) is -0.0113. The van der Waals surface area contributed by atoms with Gasteiger partial charge in [0.05, 0.1) is 10.7 Å². The van der Waals surface area contributed by atoms with Crippen LogP contribution in [0.4, 0.5) is 10.8 Å². The van der Waals surface area contributed by atoms with E-state index in [1.807, 2.05) is 6.07 Å². The van der Waals surface area contributed by atoms with Gasteiger partial charge in [-0.3, -0.25) is 14.9 Å². The van der Waals surface area contributed by atoms with Crippen LogP contribution >= 0.6 is 23.1 Å². The van der Waals surface area contributed by atoms with Crippen LogP contribution in [0.1, 0.15) is 10.4 Å². The number of anilines is 1. The molecular formula is C16H13N5O3S2. The van der Waals surface area contributed by atoms with Crippen LogP contribution in [0.15, 0.2) is 54.1 Å². The monoisotopic (exact) mass is 387 g/mol. The van der Waals surface area contributed by atoms with Crippen molar-refractivity contribution in [3.8, 4) is 0 Å². The van der Waals surface area contributed by atoms with Crippen molar-refractivity contribution in [3.05, 3.63) is 69.5 Å². The van der Waals surface area contributed by atoms with Crippen LogP contribution in [0.25, 0.3) is 0 Å². The summed E-state index contributed by atoms with van der Waals surface area (Å²) in [7, 11) is 0. The van der Waals surface area contributed by atoms with Gasteiger partial charge in [0, 0.05) is 42.0 Å². The molecule has 8 nitrogen and oxygen atoms in total. The summed E-state index contributed by atoms with van der Waals surface area (Å²) in [4.78, 5) is 35.5. The van der Waals surface area contributed by atoms with E-state index in [1.54, 1.807) is 30.7 Å². The third-order valence-corrected chi connectivity index (χ3v) is 4.96. The minimum atomic E-state index is -0.421. The Morgan fingerprint density at radius 2 is 2.04 bits per heavy atom. The fourth-order valence-corrected chi connectivity index (χ4v) is 3.54. The van der Waals surface area contributed by atoms with Gasteiger partial charge in [-0.15, -0.1) is 11.3 Å². The van der Waals surface area contributed by atoms with Crippen LogP contribution in [-0.4, -0.2) is 31.5 Å². The normalized spacial score (nSPS) is 10.5. The highest BCUT2D eigenvalue weighted by atomic mass is 32.2. The Hall–Kier alpha value is -2.85. The van der Waals surface area contributed by atoms with Crippen molar-refractivity contribution >= 4 is 39.8 Å². The predicted molar refractivity (Wildman–Crippen MR) is 99.4 cm³/mol. The lowest BCUT2D eigenvalue weighted by atomic mass is 10.1. The number of carbonyl (C=O) groups excluding carboxylic acids is 1. The lowest BCUT2D eigenvalue weighted by molar-refractivity contribution is -0.384. The van der Waals surface area contributed by atoms with Crippen LogP contribution in [0.3, 0.4) is 0 Å². The molecule has 2 aromatic heterocycles. The van der Waals surface area contributed by atoms with Crippen molar-refractivity contribution < 1.29 is 9.72 Å². The molecule has 0 aliphatic heterocycles. The average molecular weight is 387 g/mol. The summed E-state index contributed by atoms with van der Waals surface area (Å²) in [6, 6.07) is 8.18. The quantitative estimate of drug-likeness (QED) is 0.287. The van der Waals surface area contributed by atoms with Crippen LogP contribution in [0.2, 0.25) is 0 Å². The van der Waals surface area contributed by atoms with Gasteiger partial charge in [0.25, 0.3) is 5.69 Å². The van der Waals surface area contributed by atoms with Crippen molar-refractivity contribution in [2.45, 2.75) is 11.6 Å². The van der Waals surface area contributed by atoms with Gasteiger partial charge in [0.1, 0.15) is 0 Å². The second kappa shape index (κ2) is 8.50. The lowest BCUT2D eigenvalue weighted by Gasteiger charge is -2.00. The van der Waals surface area contributed by atoms with Crippen LogP contribution in [0.5, 0.6) is 0 Å². The maximum absolute atomic E-state index is 12.0. The summed E-state index contributed by atoms with van der Waals surface area (Å²) in [6.07, 6.45) is 5.41. The number of thiazole rings is 1. The van der Waals surface area contributed by atoms with E-state index < -0.39 is 4.92 Å². The summed E-state index contributed by atoms with van der Waals surface area (Å²) >= 11 is 2.58. The van der Waals surface area contributed by atoms with E-state index in [4.69, 9.17) is 0 Å². The Morgan fingerprint density at radius 1 is 1.23 bits per heavy atom. The number of nitro benzene ring substituents is 1. The average Bonchev–Trinajstić information content (AvgIpc) is 3.08. The van der Waals surface area contributed by atoms with Crippen LogP contribution in [0, 0.1) is 10.1 Å². The lowest BCUT2D eigenvalue weighted by Crippen LogP contribution is -2.13. The molecule has 3 aromatic rings. The Morgan fingerprint density at radius 3 is 2.81 bits per heavy atom. The van der Waals surface area contributed by atoms with Crippen molar-refractivity contribution in [3.63, 3.8) is 0 Å². The Balaban J connectivity index is 1.55. The molecule has 3 rings (SSSR count). The molecule has 0 radical (unpaired) electrons. The molecule has 1 aromatic carbocycles. The van der Waals surface area contributed by atoms with Gasteiger partial charge in [-0.25, -0.2) is 15.0 Å². The summed E-state index contributed by atoms with van der Waals surface area (Å²) in [5, 5.41) is 14.6. The van der Waals surface area contributed by atoms with Gasteiger partial charge in [-0.05, 0) is 11.6 Å². The molecule has 132 valence electrons. The molecule has 1 N–H and O–H groups in total. The van der Waals surface area contributed by atoms with Gasteiger partial charge >= 0.3 is 0 Å². The predicted octanol–water partition coefficient (Wildman–Crippen LogP) is 3.16. The third kappa shape index (κ3) is 5.07. The molecule has 0 fully saturated rings. The first-order valence-corrected chi connectivity index (χ1v) is 9.28. The number of hydrogen-bond acceptors (Lipinski definition) is 8. The molecule has 0 aliphatic carbocycles. The number of thioether (sulfide) groups is 1. The highest BCUT2D eigenvalue weighted by Crippen LogP contribution is 2.23. The second-order valence-electron chi connectivity index (χ2n) is 5.10. The molecule has 1 amide bonds. The molecule has 0 bridgehead atoms. The van der Waals surface area contributed by atoms with E-state index >= 15 is 0 Å². The van der Waals surface area contributed by atoms with E-state index in [1.165, 1.54) is 35.2 Å². The number of nitrogens with zero attached hydrogens (tertiary/aromatic N) is 4. The number of non-ortho nitro benzene ring substituents is 1. The molecule has 2 heterocycles. The summed E-state index contributed by atoms with van der Waals surface area (Å²) in [5.41, 5.74) is 0.873. The Labute approximate surface area is 156 Å². The second-order valence-corrected chi connectivity index (χ2v) is 7.16. The fraction of sp³-hybridized carbons (Fsp3) is 0.125. The Bertz CT molecular complexity index is 917. The molecule has 0 unspecified atom stereocenters. The number of hydrogen-bond donors (Lipinski definition) is 1. The zero-order valence-electron chi connectivity index (χ0n) is 13.4. The molecule has 0 aliphatic rings. The first-order chi connectivity index (χ1) is 12.6. The minimum Gasteiger partial charge on any atom is -0.301 e. The summed E-state index contributed by atoms with van der Waals surface area (Å²) < 4.78 is 0. The smallest absolute Gasteiger partial charge is 0.269 e. The van der Waals surface area contributed by atoms with E-state index in [2.05, 4.69) is 20.3 Å². The van der Waals surface area contributed by atoms with Gasteiger partial charge in [-0.1, -0.05) is 23.9 Å². The van der Waals surface area contributed by atoms with Crippen molar-refractivity contribution in [1.82, 2.24) is 15.0 Å². The van der Waals surface area contributed by atoms with E-state index in [0.717, 1.165) is 10.4 Å². The zero-order chi connectivity index (χ0) is 18.4. The number of rotatable bonds is 7. The van der Waals surface area contributed by atoms with Gasteiger partial charge in [0.15, 0.2) is 10.3 Å². The number of nitro groups is 1. The van der Waals surface area contributed by atoms with Gasteiger partial charge in [-0.2, -0.15) is 0 Å². The maximum atomic E-state index is 12.0. The molecule has 0 atom stereocenters. The number of carbonyl (C=O) groups is 1. The van der Waals surface area contributed by atoms with Crippen molar-refractivity contribution in [2.24, 2.45) is 0 Å². The number of benzene rings is 1. The minimum absolute atomic E-state index is 0.0562. The molecule has 0 spiro atoms. The van der Waals surface area contributed by atoms with Crippen molar-refractivity contribution in [2.75, 3.05) is 11.1 Å². The topological polar surface area (TPSA) is 111 Å². The van der Waals surface area contributed by atoms with Gasteiger partial charge < -0.3 is 5.32 Å². The van der Waals surface area contributed by atoms with Gasteiger partial charge in [0.2, 0.25) is 5.91 Å². The Kier molecular flexibility index (Phi) is 5.87. The molecule has 26 heavy (non-hydrogen) atoms. The molecule has 10 heteroatoms. The van der Waals surface area contributed by atoms with E-state index in [9.17, 15) is 14.9 Å². The highest BCUT2D eigenvalue weighted by Gasteiger charge is 2.10. The van der Waals surface area contributed by atoms with Crippen LogP contribution in [-0.2, 0) is 11.2 Å². The largest absolute Gasteiger partial charge is 0.301 e. The standard InChI is InChI=1S/C16H13N5O3S2/c22-14(10-25-15-17-5-2-6-18-15)20-16-19-9-13(26-16)8-11-3-1-4-12(7-11)21(23)24/h1-7,9H,8,10H2,(H,19,20,22). The third-order valence-electron chi connectivity index (χ3n) is 3.17. The number of aromatic nitrogens is 3. The first kappa shape index (κ1) is 18.0. The zero-order valence-corrected chi connectivity index (χ0v) is 15.0. The molecule has 0 saturated heterocycles. The maximum Gasteiger partial charge on any atom is 0.269 e. The molecule has 0 saturated carbocycles. The van der Waals surface area contributed by atoms with Crippen LogP contribution < -0.4 is 5.32 Å². The molecular weight excluding hydrogens is 374 g/mol. The van der Waals surface area contributed by atoms with E-state index in [0.29, 0.717) is 16.7 Å².